The fourth-order valence-corrected chi connectivity index (χ4v) is 3.32. The minimum atomic E-state index is 0.447. The van der Waals surface area contributed by atoms with Gasteiger partial charge in [-0.15, -0.1) is 16.4 Å². The van der Waals surface area contributed by atoms with Crippen LogP contribution in [-0.4, -0.2) is 25.2 Å². The van der Waals surface area contributed by atoms with E-state index >= 15 is 0 Å². The molecule has 0 saturated heterocycles. The molecule has 0 bridgehead atoms. The zero-order valence-corrected chi connectivity index (χ0v) is 14.0. The third-order valence-corrected chi connectivity index (χ3v) is 4.87. The number of rotatable bonds is 6. The number of benzene rings is 1. The molecule has 0 amide bonds. The van der Waals surface area contributed by atoms with E-state index in [1.807, 2.05) is 24.6 Å². The minimum Gasteiger partial charge on any atom is -0.486 e. The molecule has 0 spiro atoms. The minimum absolute atomic E-state index is 0.447. The topological polar surface area (TPSA) is 65.7 Å². The van der Waals surface area contributed by atoms with Gasteiger partial charge in [-0.3, -0.25) is 0 Å². The van der Waals surface area contributed by atoms with Crippen LogP contribution in [0.3, 0.4) is 0 Å². The Morgan fingerprint density at radius 2 is 2.14 bits per heavy atom. The number of hydrogen-bond acceptors (Lipinski definition) is 7. The monoisotopic (exact) mass is 353 g/mol. The predicted octanol–water partition coefficient (Wildman–Crippen LogP) is 3.19. The number of aromatic nitrogens is 5. The van der Waals surface area contributed by atoms with Gasteiger partial charge >= 0.3 is 0 Å². The molecule has 0 aliphatic carbocycles. The fourth-order valence-electron chi connectivity index (χ4n) is 1.64. The fraction of sp³-hybridized carbons (Fsp3) is 0.231. The van der Waals surface area contributed by atoms with E-state index in [9.17, 15) is 0 Å². The molecule has 3 rings (SSSR count). The number of tetrazole rings is 1. The molecule has 0 saturated carbocycles. The maximum absolute atomic E-state index is 5.84. The standard InChI is InChI=1S/C13H12ClN5OS2/c1-19-13(16-17-18-19)22-8-10-7-21-12(15-10)6-20-11-4-2-9(14)3-5-11/h2-5,7H,6,8H2,1H3. The summed E-state index contributed by atoms with van der Waals surface area (Å²) in [6.07, 6.45) is 0. The first-order valence-corrected chi connectivity index (χ1v) is 8.62. The third-order valence-electron chi connectivity index (χ3n) is 2.71. The smallest absolute Gasteiger partial charge is 0.209 e. The van der Waals surface area contributed by atoms with Crippen LogP contribution in [-0.2, 0) is 19.4 Å². The number of halogens is 1. The van der Waals surface area contributed by atoms with E-state index in [-0.39, 0.29) is 0 Å². The maximum atomic E-state index is 5.84. The molecule has 3 aromatic rings. The Balaban J connectivity index is 1.52. The number of thiazole rings is 1. The molecule has 1 aromatic carbocycles. The van der Waals surface area contributed by atoms with Crippen molar-refractivity contribution in [3.8, 4) is 5.75 Å². The summed E-state index contributed by atoms with van der Waals surface area (Å²) in [5.74, 6) is 1.51. The van der Waals surface area contributed by atoms with E-state index in [1.54, 1.807) is 39.9 Å². The van der Waals surface area contributed by atoms with Gasteiger partial charge in [-0.2, -0.15) is 0 Å². The Kier molecular flexibility index (Phi) is 4.91. The Morgan fingerprint density at radius 3 is 2.86 bits per heavy atom. The van der Waals surface area contributed by atoms with Gasteiger partial charge in [0.05, 0.1) is 5.69 Å². The van der Waals surface area contributed by atoms with Gasteiger partial charge in [-0.05, 0) is 34.7 Å². The van der Waals surface area contributed by atoms with E-state index in [0.717, 1.165) is 27.4 Å². The van der Waals surface area contributed by atoms with Gasteiger partial charge in [0.2, 0.25) is 5.16 Å². The van der Waals surface area contributed by atoms with Crippen molar-refractivity contribution in [3.63, 3.8) is 0 Å². The lowest BCUT2D eigenvalue weighted by Gasteiger charge is -2.03. The summed E-state index contributed by atoms with van der Waals surface area (Å²) in [6, 6.07) is 7.28. The van der Waals surface area contributed by atoms with Crippen molar-refractivity contribution < 1.29 is 4.74 Å². The van der Waals surface area contributed by atoms with Crippen molar-refractivity contribution in [3.05, 3.63) is 45.4 Å². The molecule has 2 heterocycles. The lowest BCUT2D eigenvalue weighted by atomic mass is 10.3. The van der Waals surface area contributed by atoms with Crippen molar-refractivity contribution in [1.82, 2.24) is 25.2 Å². The van der Waals surface area contributed by atoms with Crippen molar-refractivity contribution in [2.75, 3.05) is 0 Å². The summed E-state index contributed by atoms with van der Waals surface area (Å²) < 4.78 is 7.32. The number of ether oxygens (including phenoxy) is 1. The molecule has 2 aromatic heterocycles. The van der Waals surface area contributed by atoms with E-state index < -0.39 is 0 Å². The highest BCUT2D eigenvalue weighted by molar-refractivity contribution is 7.98. The van der Waals surface area contributed by atoms with Gasteiger partial charge in [0.1, 0.15) is 17.4 Å². The van der Waals surface area contributed by atoms with E-state index in [1.165, 1.54) is 0 Å². The Morgan fingerprint density at radius 1 is 1.32 bits per heavy atom. The zero-order chi connectivity index (χ0) is 15.4. The van der Waals surface area contributed by atoms with Crippen LogP contribution in [0, 0.1) is 0 Å². The molecule has 0 aliphatic rings. The van der Waals surface area contributed by atoms with Crippen LogP contribution in [0.5, 0.6) is 5.75 Å². The Hall–Kier alpha value is -1.64. The van der Waals surface area contributed by atoms with Gasteiger partial charge in [0, 0.05) is 23.2 Å². The molecule has 0 atom stereocenters. The van der Waals surface area contributed by atoms with Crippen molar-refractivity contribution >= 4 is 34.7 Å². The van der Waals surface area contributed by atoms with E-state index in [2.05, 4.69) is 20.5 Å². The highest BCUT2D eigenvalue weighted by Gasteiger charge is 2.07. The first-order valence-electron chi connectivity index (χ1n) is 6.37. The molecule has 0 aliphatic heterocycles. The van der Waals surface area contributed by atoms with E-state index in [0.29, 0.717) is 11.6 Å². The molecule has 22 heavy (non-hydrogen) atoms. The van der Waals surface area contributed by atoms with Crippen LogP contribution in [0.4, 0.5) is 0 Å². The average Bonchev–Trinajstić information content (AvgIpc) is 3.13. The SMILES string of the molecule is Cn1nnnc1SCc1csc(COc2ccc(Cl)cc2)n1. The highest BCUT2D eigenvalue weighted by atomic mass is 35.5. The van der Waals surface area contributed by atoms with Crippen molar-refractivity contribution in [1.29, 1.82) is 0 Å². The van der Waals surface area contributed by atoms with Crippen LogP contribution in [0.15, 0.2) is 34.8 Å². The normalized spacial score (nSPS) is 10.8. The molecular weight excluding hydrogens is 342 g/mol. The van der Waals surface area contributed by atoms with Crippen LogP contribution in [0.1, 0.15) is 10.7 Å². The Labute approximate surface area is 140 Å². The first kappa shape index (κ1) is 15.3. The molecule has 114 valence electrons. The lowest BCUT2D eigenvalue weighted by molar-refractivity contribution is 0.305. The number of hydrogen-bond donors (Lipinski definition) is 0. The molecule has 9 heteroatoms. The summed E-state index contributed by atoms with van der Waals surface area (Å²) in [5, 5.41) is 15.7. The molecule has 6 nitrogen and oxygen atoms in total. The van der Waals surface area contributed by atoms with E-state index in [4.69, 9.17) is 16.3 Å². The number of nitrogens with zero attached hydrogens (tertiary/aromatic N) is 5. The lowest BCUT2D eigenvalue weighted by Crippen LogP contribution is -1.96. The van der Waals surface area contributed by atoms with Crippen LogP contribution < -0.4 is 4.74 Å². The van der Waals surface area contributed by atoms with Crippen LogP contribution in [0.25, 0.3) is 0 Å². The molecular formula is C13H12ClN5OS2. The van der Waals surface area contributed by atoms with Gasteiger partial charge in [0.15, 0.2) is 0 Å². The highest BCUT2D eigenvalue weighted by Crippen LogP contribution is 2.22. The van der Waals surface area contributed by atoms with Gasteiger partial charge in [-0.1, -0.05) is 23.4 Å². The second kappa shape index (κ2) is 7.08. The molecule has 0 N–H and O–H groups in total. The zero-order valence-electron chi connectivity index (χ0n) is 11.6. The second-order valence-electron chi connectivity index (χ2n) is 4.35. The summed E-state index contributed by atoms with van der Waals surface area (Å²) in [4.78, 5) is 4.54. The Bertz CT molecular complexity index is 743. The van der Waals surface area contributed by atoms with Crippen molar-refractivity contribution in [2.24, 2.45) is 7.05 Å². The largest absolute Gasteiger partial charge is 0.486 e. The summed E-state index contributed by atoms with van der Waals surface area (Å²) in [5.41, 5.74) is 0.993. The summed E-state index contributed by atoms with van der Waals surface area (Å²) in [6.45, 7) is 0.447. The average molecular weight is 354 g/mol. The second-order valence-corrected chi connectivity index (χ2v) is 6.67. The molecule has 0 fully saturated rings. The van der Waals surface area contributed by atoms with Gasteiger partial charge in [-0.25, -0.2) is 9.67 Å². The quantitative estimate of drug-likeness (QED) is 0.634. The maximum Gasteiger partial charge on any atom is 0.209 e. The summed E-state index contributed by atoms with van der Waals surface area (Å²) >= 11 is 8.97. The summed E-state index contributed by atoms with van der Waals surface area (Å²) in [7, 11) is 1.81. The van der Waals surface area contributed by atoms with Crippen LogP contribution in [0.2, 0.25) is 5.02 Å². The van der Waals surface area contributed by atoms with Gasteiger partial charge < -0.3 is 4.74 Å². The predicted molar refractivity (Wildman–Crippen MR) is 86.3 cm³/mol. The first-order chi connectivity index (χ1) is 10.7. The number of thioether (sulfide) groups is 1. The van der Waals surface area contributed by atoms with Crippen LogP contribution >= 0.6 is 34.7 Å². The van der Waals surface area contributed by atoms with Gasteiger partial charge in [0.25, 0.3) is 0 Å². The van der Waals surface area contributed by atoms with Crippen molar-refractivity contribution in [2.45, 2.75) is 17.5 Å². The molecule has 0 unspecified atom stereocenters. The molecule has 0 radical (unpaired) electrons. The number of aryl methyl sites for hydroxylation is 1. The third kappa shape index (κ3) is 3.96.